The van der Waals surface area contributed by atoms with E-state index in [-0.39, 0.29) is 17.9 Å². The number of pyridine rings is 2. The molecule has 3 aromatic rings. The number of nitrogens with one attached hydrogen (secondary N) is 1. The van der Waals surface area contributed by atoms with Crippen LogP contribution in [0.3, 0.4) is 0 Å². The van der Waals surface area contributed by atoms with Gasteiger partial charge >= 0.3 is 0 Å². The number of rotatable bonds is 5. The minimum atomic E-state index is 0.0934. The average molecular weight is 482 g/mol. The normalized spacial score (nSPS) is 20.8. The lowest BCUT2D eigenvalue weighted by molar-refractivity contribution is -0.118. The molecule has 182 valence electrons. The molecule has 0 unspecified atom stereocenters. The molecule has 8 heteroatoms. The molecule has 5 heterocycles. The van der Waals surface area contributed by atoms with E-state index < -0.39 is 0 Å². The van der Waals surface area contributed by atoms with E-state index in [0.29, 0.717) is 31.2 Å². The van der Waals surface area contributed by atoms with E-state index in [2.05, 4.69) is 28.5 Å². The number of fused-ring (bicyclic) bond motifs is 3. The van der Waals surface area contributed by atoms with Crippen molar-refractivity contribution < 1.29 is 14.3 Å². The van der Waals surface area contributed by atoms with Gasteiger partial charge in [-0.3, -0.25) is 9.59 Å². The first-order valence-electron chi connectivity index (χ1n) is 12.8. The zero-order chi connectivity index (χ0) is 24.2. The molecule has 3 aliphatic heterocycles. The summed E-state index contributed by atoms with van der Waals surface area (Å²) in [6, 6.07) is 12.4. The number of nitrogens with zero attached hydrogens (tertiary/aromatic N) is 4. The summed E-state index contributed by atoms with van der Waals surface area (Å²) < 4.78 is 5.79. The molecule has 36 heavy (non-hydrogen) atoms. The summed E-state index contributed by atoms with van der Waals surface area (Å²) in [6.45, 7) is 1.30. The van der Waals surface area contributed by atoms with Crippen molar-refractivity contribution in [3.63, 3.8) is 0 Å². The highest BCUT2D eigenvalue weighted by Gasteiger charge is 2.38. The molecular formula is C28H27N5O3. The first-order valence-corrected chi connectivity index (χ1v) is 12.8. The number of carbonyl (C=O) groups is 2. The average Bonchev–Trinajstić information content (AvgIpc) is 3.56. The van der Waals surface area contributed by atoms with Crippen molar-refractivity contribution in [1.29, 1.82) is 0 Å². The van der Waals surface area contributed by atoms with E-state index in [4.69, 9.17) is 9.72 Å². The Morgan fingerprint density at radius 2 is 1.81 bits per heavy atom. The zero-order valence-corrected chi connectivity index (χ0v) is 19.9. The number of hydrogen-bond acceptors (Lipinski definition) is 6. The summed E-state index contributed by atoms with van der Waals surface area (Å²) in [5.74, 6) is 2.12. The van der Waals surface area contributed by atoms with Crippen LogP contribution in [0.15, 0.2) is 48.8 Å². The fourth-order valence-electron chi connectivity index (χ4n) is 5.60. The number of benzene rings is 1. The lowest BCUT2D eigenvalue weighted by atomic mass is 9.98. The molecule has 0 radical (unpaired) electrons. The number of amides is 2. The Kier molecular flexibility index (Phi) is 4.94. The Morgan fingerprint density at radius 3 is 2.58 bits per heavy atom. The smallest absolute Gasteiger partial charge is 0.238 e. The van der Waals surface area contributed by atoms with Gasteiger partial charge in [0.25, 0.3) is 0 Å². The molecule has 1 atom stereocenters. The standard InChI is InChI=1S/C28H27N5O3/c34-26-2-1-11-32(26)20-7-5-18(6-8-20)23-15-29-25(13-22(23)17-3-4-17)31-19-12-24-28(30-14-19)36-16-21-9-10-27(35)33(21)24/h5-8,12-15,17,21H,1-4,9-11,16H2,(H,29,31)/t21-/m0/s1. The fourth-order valence-corrected chi connectivity index (χ4v) is 5.60. The van der Waals surface area contributed by atoms with Crippen molar-refractivity contribution in [2.24, 2.45) is 0 Å². The van der Waals surface area contributed by atoms with Crippen molar-refractivity contribution in [1.82, 2.24) is 9.97 Å². The number of hydrogen-bond donors (Lipinski definition) is 1. The molecule has 2 aromatic heterocycles. The maximum atomic E-state index is 12.4. The van der Waals surface area contributed by atoms with Crippen LogP contribution in [0.5, 0.6) is 5.88 Å². The zero-order valence-electron chi connectivity index (χ0n) is 19.9. The van der Waals surface area contributed by atoms with Crippen LogP contribution in [0.1, 0.15) is 50.0 Å². The molecule has 2 amide bonds. The van der Waals surface area contributed by atoms with Gasteiger partial charge in [0, 0.05) is 36.8 Å². The summed E-state index contributed by atoms with van der Waals surface area (Å²) in [4.78, 5) is 37.4. The van der Waals surface area contributed by atoms with Crippen LogP contribution in [0.4, 0.5) is 22.9 Å². The van der Waals surface area contributed by atoms with Crippen LogP contribution in [0.2, 0.25) is 0 Å². The van der Waals surface area contributed by atoms with E-state index in [1.165, 1.54) is 18.4 Å². The van der Waals surface area contributed by atoms with Crippen molar-refractivity contribution in [3.05, 3.63) is 54.4 Å². The van der Waals surface area contributed by atoms with Gasteiger partial charge in [0.1, 0.15) is 18.1 Å². The highest BCUT2D eigenvalue weighted by atomic mass is 16.5. The molecule has 8 nitrogen and oxygen atoms in total. The largest absolute Gasteiger partial charge is 0.474 e. The molecule has 7 rings (SSSR count). The number of anilines is 4. The second kappa shape index (κ2) is 8.33. The van der Waals surface area contributed by atoms with E-state index in [1.807, 2.05) is 34.2 Å². The summed E-state index contributed by atoms with van der Waals surface area (Å²) in [5, 5.41) is 3.39. The molecule has 3 fully saturated rings. The van der Waals surface area contributed by atoms with Gasteiger partial charge in [0.15, 0.2) is 0 Å². The number of aromatic nitrogens is 2. The van der Waals surface area contributed by atoms with E-state index in [0.717, 1.165) is 53.4 Å². The molecule has 2 saturated heterocycles. The molecule has 1 N–H and O–H groups in total. The first-order chi connectivity index (χ1) is 17.6. The molecule has 1 aromatic carbocycles. The van der Waals surface area contributed by atoms with Gasteiger partial charge in [-0.2, -0.15) is 0 Å². The van der Waals surface area contributed by atoms with Gasteiger partial charge in [0.05, 0.1) is 17.9 Å². The lowest BCUT2D eigenvalue weighted by Gasteiger charge is -2.31. The van der Waals surface area contributed by atoms with Crippen molar-refractivity contribution in [2.75, 3.05) is 28.3 Å². The van der Waals surface area contributed by atoms with Gasteiger partial charge < -0.3 is 19.9 Å². The third-order valence-corrected chi connectivity index (χ3v) is 7.62. The molecule has 0 bridgehead atoms. The Labute approximate surface area is 209 Å². The van der Waals surface area contributed by atoms with Crippen LogP contribution in [0, 0.1) is 0 Å². The Bertz CT molecular complexity index is 1370. The molecule has 1 saturated carbocycles. The van der Waals surface area contributed by atoms with Gasteiger partial charge in [-0.1, -0.05) is 12.1 Å². The molecular weight excluding hydrogens is 454 g/mol. The van der Waals surface area contributed by atoms with Crippen LogP contribution in [0.25, 0.3) is 11.1 Å². The summed E-state index contributed by atoms with van der Waals surface area (Å²) >= 11 is 0. The monoisotopic (exact) mass is 481 g/mol. The highest BCUT2D eigenvalue weighted by Crippen LogP contribution is 2.45. The quantitative estimate of drug-likeness (QED) is 0.564. The minimum Gasteiger partial charge on any atom is -0.474 e. The maximum Gasteiger partial charge on any atom is 0.238 e. The van der Waals surface area contributed by atoms with Crippen molar-refractivity contribution in [3.8, 4) is 17.0 Å². The maximum absolute atomic E-state index is 12.4. The Balaban J connectivity index is 1.16. The van der Waals surface area contributed by atoms with Gasteiger partial charge in [-0.15, -0.1) is 0 Å². The first kappa shape index (κ1) is 21.4. The van der Waals surface area contributed by atoms with Gasteiger partial charge in [0.2, 0.25) is 17.7 Å². The van der Waals surface area contributed by atoms with Crippen LogP contribution in [-0.2, 0) is 9.59 Å². The number of ether oxygens (including phenoxy) is 1. The van der Waals surface area contributed by atoms with Crippen LogP contribution < -0.4 is 19.9 Å². The predicted molar refractivity (Wildman–Crippen MR) is 137 cm³/mol. The van der Waals surface area contributed by atoms with E-state index >= 15 is 0 Å². The summed E-state index contributed by atoms with van der Waals surface area (Å²) in [7, 11) is 0. The topological polar surface area (TPSA) is 87.7 Å². The molecule has 0 spiro atoms. The summed E-state index contributed by atoms with van der Waals surface area (Å²) in [5.41, 5.74) is 5.99. The Morgan fingerprint density at radius 1 is 0.944 bits per heavy atom. The third-order valence-electron chi connectivity index (χ3n) is 7.62. The van der Waals surface area contributed by atoms with E-state index in [1.54, 1.807) is 6.20 Å². The minimum absolute atomic E-state index is 0.0934. The summed E-state index contributed by atoms with van der Waals surface area (Å²) in [6.07, 6.45) is 8.93. The predicted octanol–water partition coefficient (Wildman–Crippen LogP) is 4.78. The number of carbonyl (C=O) groups excluding carboxylic acids is 2. The fraction of sp³-hybridized carbons (Fsp3) is 0.357. The van der Waals surface area contributed by atoms with Crippen LogP contribution in [-0.4, -0.2) is 41.0 Å². The van der Waals surface area contributed by atoms with Crippen molar-refractivity contribution >= 4 is 34.7 Å². The molecule has 1 aliphatic carbocycles. The second-order valence-electron chi connectivity index (χ2n) is 10.1. The van der Waals surface area contributed by atoms with Crippen molar-refractivity contribution in [2.45, 2.75) is 50.5 Å². The van der Waals surface area contributed by atoms with Gasteiger partial charge in [-0.05, 0) is 67.0 Å². The highest BCUT2D eigenvalue weighted by molar-refractivity contribution is 5.98. The van der Waals surface area contributed by atoms with Gasteiger partial charge in [-0.25, -0.2) is 9.97 Å². The van der Waals surface area contributed by atoms with E-state index in [9.17, 15) is 9.59 Å². The SMILES string of the molecule is O=C1CCCN1c1ccc(-c2cnc(Nc3cnc4c(c3)N3C(=O)CC[C@H]3CO4)cc2C2CC2)cc1. The lowest BCUT2D eigenvalue weighted by Crippen LogP contribution is -2.40. The Hall–Kier alpha value is -3.94. The third kappa shape index (κ3) is 3.68. The second-order valence-corrected chi connectivity index (χ2v) is 10.1. The molecule has 4 aliphatic rings. The van der Waals surface area contributed by atoms with Crippen LogP contribution >= 0.6 is 0 Å².